The Hall–Kier alpha value is -1.64. The Balaban J connectivity index is 2.73. The van der Waals surface area contributed by atoms with Gasteiger partial charge in [-0.05, 0) is 31.5 Å². The Morgan fingerprint density at radius 3 is 2.93 bits per heavy atom. The van der Waals surface area contributed by atoms with Crippen LogP contribution >= 0.6 is 0 Å². The summed E-state index contributed by atoms with van der Waals surface area (Å²) in [6, 6.07) is 4.91. The van der Waals surface area contributed by atoms with Crippen molar-refractivity contribution in [2.24, 2.45) is 0 Å². The molecule has 0 unspecified atom stereocenters. The summed E-state index contributed by atoms with van der Waals surface area (Å²) in [6.07, 6.45) is 1.69. The van der Waals surface area contributed by atoms with Crippen LogP contribution < -0.4 is 5.32 Å². The molecule has 0 spiro atoms. The van der Waals surface area contributed by atoms with Crippen LogP contribution in [0.15, 0.2) is 24.4 Å². The van der Waals surface area contributed by atoms with Crippen molar-refractivity contribution in [3.05, 3.63) is 35.8 Å². The van der Waals surface area contributed by atoms with Gasteiger partial charge < -0.3 is 5.32 Å². The summed E-state index contributed by atoms with van der Waals surface area (Å²) >= 11 is 0. The van der Waals surface area contributed by atoms with Crippen LogP contribution in [0.25, 0.3) is 10.9 Å². The van der Waals surface area contributed by atoms with Gasteiger partial charge in [0.05, 0.1) is 5.52 Å². The first-order valence-electron chi connectivity index (χ1n) is 5.01. The normalized spacial score (nSPS) is 10.6. The maximum Gasteiger partial charge on any atom is 0.125 e. The Bertz CT molecular complexity index is 494. The number of aryl methyl sites for hydroxylation is 1. The first-order valence-corrected chi connectivity index (χ1v) is 5.01. The highest BCUT2D eigenvalue weighted by Gasteiger charge is 2.05. The molecule has 0 atom stereocenters. The first-order chi connectivity index (χ1) is 7.22. The summed E-state index contributed by atoms with van der Waals surface area (Å²) in [7, 11) is 0. The standard InChI is InChI=1S/C12H13FN2/c1-3-14-10-4-5-15-11-7-9(13)6-8(2)12(10)11/h4-7H,3H2,1-2H3,(H,14,15). The van der Waals surface area contributed by atoms with Crippen molar-refractivity contribution in [3.63, 3.8) is 0 Å². The second kappa shape index (κ2) is 3.85. The minimum absolute atomic E-state index is 0.235. The van der Waals surface area contributed by atoms with Gasteiger partial charge in [0.15, 0.2) is 0 Å². The third-order valence-electron chi connectivity index (χ3n) is 2.37. The summed E-state index contributed by atoms with van der Waals surface area (Å²) in [5.41, 5.74) is 2.63. The van der Waals surface area contributed by atoms with Crippen molar-refractivity contribution in [1.82, 2.24) is 4.98 Å². The van der Waals surface area contributed by atoms with Gasteiger partial charge in [0.1, 0.15) is 5.82 Å². The van der Waals surface area contributed by atoms with E-state index in [1.54, 1.807) is 6.20 Å². The molecule has 3 heteroatoms. The van der Waals surface area contributed by atoms with E-state index in [1.807, 2.05) is 19.9 Å². The third kappa shape index (κ3) is 1.77. The number of anilines is 1. The predicted molar refractivity (Wildman–Crippen MR) is 60.6 cm³/mol. The third-order valence-corrected chi connectivity index (χ3v) is 2.37. The van der Waals surface area contributed by atoms with Gasteiger partial charge in [0, 0.05) is 29.9 Å². The number of rotatable bonds is 2. The molecule has 2 aromatic rings. The molecule has 2 nitrogen and oxygen atoms in total. The van der Waals surface area contributed by atoms with E-state index in [0.29, 0.717) is 5.52 Å². The van der Waals surface area contributed by atoms with Gasteiger partial charge in [-0.1, -0.05) is 0 Å². The molecule has 0 aliphatic heterocycles. The molecule has 0 saturated carbocycles. The molecule has 0 bridgehead atoms. The van der Waals surface area contributed by atoms with Gasteiger partial charge in [-0.3, -0.25) is 4.98 Å². The zero-order valence-corrected chi connectivity index (χ0v) is 8.84. The van der Waals surface area contributed by atoms with Crippen LogP contribution in [0.3, 0.4) is 0 Å². The molecule has 0 saturated heterocycles. The molecule has 78 valence electrons. The fraction of sp³-hybridized carbons (Fsp3) is 0.250. The SMILES string of the molecule is CCNc1ccnc2cc(F)cc(C)c12. The molecule has 0 aliphatic rings. The molecule has 0 aliphatic carbocycles. The van der Waals surface area contributed by atoms with E-state index in [9.17, 15) is 4.39 Å². The van der Waals surface area contributed by atoms with E-state index in [1.165, 1.54) is 12.1 Å². The molecule has 15 heavy (non-hydrogen) atoms. The minimum Gasteiger partial charge on any atom is -0.385 e. The highest BCUT2D eigenvalue weighted by molar-refractivity contribution is 5.93. The lowest BCUT2D eigenvalue weighted by Crippen LogP contribution is -1.99. The smallest absolute Gasteiger partial charge is 0.125 e. The molecular weight excluding hydrogens is 191 g/mol. The van der Waals surface area contributed by atoms with Crippen LogP contribution in [0.5, 0.6) is 0 Å². The lowest BCUT2D eigenvalue weighted by atomic mass is 10.1. The lowest BCUT2D eigenvalue weighted by Gasteiger charge is -2.09. The maximum absolute atomic E-state index is 13.2. The van der Waals surface area contributed by atoms with Gasteiger partial charge in [-0.25, -0.2) is 4.39 Å². The molecule has 0 fully saturated rings. The number of aromatic nitrogens is 1. The number of halogens is 1. The van der Waals surface area contributed by atoms with Gasteiger partial charge >= 0.3 is 0 Å². The number of hydrogen-bond donors (Lipinski definition) is 1. The van der Waals surface area contributed by atoms with E-state index in [0.717, 1.165) is 23.2 Å². The summed E-state index contributed by atoms with van der Waals surface area (Å²) in [4.78, 5) is 4.17. The van der Waals surface area contributed by atoms with Gasteiger partial charge in [0.2, 0.25) is 0 Å². The molecule has 0 radical (unpaired) electrons. The molecule has 2 rings (SSSR count). The highest BCUT2D eigenvalue weighted by Crippen LogP contribution is 2.25. The van der Waals surface area contributed by atoms with Gasteiger partial charge in [-0.2, -0.15) is 0 Å². The Morgan fingerprint density at radius 2 is 2.20 bits per heavy atom. The minimum atomic E-state index is -0.235. The molecule has 0 amide bonds. The molecule has 1 heterocycles. The summed E-state index contributed by atoms with van der Waals surface area (Å²) < 4.78 is 13.2. The topological polar surface area (TPSA) is 24.9 Å². The number of nitrogens with zero attached hydrogens (tertiary/aromatic N) is 1. The van der Waals surface area contributed by atoms with Crippen molar-refractivity contribution in [1.29, 1.82) is 0 Å². The summed E-state index contributed by atoms with van der Waals surface area (Å²) in [6.45, 7) is 4.77. The van der Waals surface area contributed by atoms with Crippen LogP contribution in [0.1, 0.15) is 12.5 Å². The van der Waals surface area contributed by atoms with Crippen molar-refractivity contribution < 1.29 is 4.39 Å². The van der Waals surface area contributed by atoms with Crippen LogP contribution in [0, 0.1) is 12.7 Å². The number of hydrogen-bond acceptors (Lipinski definition) is 2. The van der Waals surface area contributed by atoms with Crippen LogP contribution in [-0.2, 0) is 0 Å². The quantitative estimate of drug-likeness (QED) is 0.813. The number of pyridine rings is 1. The van der Waals surface area contributed by atoms with E-state index in [4.69, 9.17) is 0 Å². The summed E-state index contributed by atoms with van der Waals surface area (Å²) in [5, 5.41) is 4.25. The average Bonchev–Trinajstić information content (AvgIpc) is 2.17. The lowest BCUT2D eigenvalue weighted by molar-refractivity contribution is 0.628. The Morgan fingerprint density at radius 1 is 1.40 bits per heavy atom. The van der Waals surface area contributed by atoms with Crippen LogP contribution in [0.4, 0.5) is 10.1 Å². The zero-order valence-electron chi connectivity index (χ0n) is 8.84. The second-order valence-corrected chi connectivity index (χ2v) is 3.51. The Labute approximate surface area is 88.1 Å². The fourth-order valence-corrected chi connectivity index (χ4v) is 1.79. The van der Waals surface area contributed by atoms with Gasteiger partial charge in [0.25, 0.3) is 0 Å². The molecular formula is C12H13FN2. The first kappa shape index (κ1) is 9.90. The number of fused-ring (bicyclic) bond motifs is 1. The average molecular weight is 204 g/mol. The van der Waals surface area contributed by atoms with Crippen molar-refractivity contribution >= 4 is 16.6 Å². The van der Waals surface area contributed by atoms with E-state index >= 15 is 0 Å². The summed E-state index contributed by atoms with van der Waals surface area (Å²) in [5.74, 6) is -0.235. The number of benzene rings is 1. The van der Waals surface area contributed by atoms with Crippen molar-refractivity contribution in [2.75, 3.05) is 11.9 Å². The van der Waals surface area contributed by atoms with E-state index < -0.39 is 0 Å². The zero-order chi connectivity index (χ0) is 10.8. The van der Waals surface area contributed by atoms with Crippen LogP contribution in [0.2, 0.25) is 0 Å². The molecule has 1 aromatic carbocycles. The maximum atomic E-state index is 13.2. The highest BCUT2D eigenvalue weighted by atomic mass is 19.1. The number of nitrogens with one attached hydrogen (secondary N) is 1. The predicted octanol–water partition coefficient (Wildman–Crippen LogP) is 3.11. The molecule has 1 aromatic heterocycles. The largest absolute Gasteiger partial charge is 0.385 e. The van der Waals surface area contributed by atoms with E-state index in [2.05, 4.69) is 10.3 Å². The fourth-order valence-electron chi connectivity index (χ4n) is 1.79. The second-order valence-electron chi connectivity index (χ2n) is 3.51. The van der Waals surface area contributed by atoms with Gasteiger partial charge in [-0.15, -0.1) is 0 Å². The monoisotopic (exact) mass is 204 g/mol. The van der Waals surface area contributed by atoms with Crippen LogP contribution in [-0.4, -0.2) is 11.5 Å². The van der Waals surface area contributed by atoms with Crippen molar-refractivity contribution in [3.8, 4) is 0 Å². The van der Waals surface area contributed by atoms with E-state index in [-0.39, 0.29) is 5.82 Å². The molecule has 1 N–H and O–H groups in total. The Kier molecular flexibility index (Phi) is 2.54. The van der Waals surface area contributed by atoms with Crippen molar-refractivity contribution in [2.45, 2.75) is 13.8 Å².